The van der Waals surface area contributed by atoms with Crippen molar-refractivity contribution in [2.45, 2.75) is 31.8 Å². The summed E-state index contributed by atoms with van der Waals surface area (Å²) in [6, 6.07) is 3.52. The maximum absolute atomic E-state index is 11.7. The van der Waals surface area contributed by atoms with Crippen LogP contribution >= 0.6 is 23.2 Å². The molecular formula is C14H19Cl2N3O3. The Hall–Kier alpha value is -1.50. The van der Waals surface area contributed by atoms with E-state index in [0.717, 1.165) is 12.0 Å². The molecule has 122 valence electrons. The molecule has 0 radical (unpaired) electrons. The second-order valence-corrected chi connectivity index (χ2v) is 5.57. The molecule has 0 aliphatic carbocycles. The maximum atomic E-state index is 11.7. The van der Waals surface area contributed by atoms with Crippen molar-refractivity contribution in [2.24, 2.45) is 5.73 Å². The van der Waals surface area contributed by atoms with E-state index in [1.807, 2.05) is 0 Å². The van der Waals surface area contributed by atoms with Gasteiger partial charge in [-0.25, -0.2) is 9.59 Å². The van der Waals surface area contributed by atoms with Crippen LogP contribution in [0.2, 0.25) is 10.0 Å². The summed E-state index contributed by atoms with van der Waals surface area (Å²) >= 11 is 11.7. The number of carboxylic acids is 1. The van der Waals surface area contributed by atoms with Gasteiger partial charge in [-0.1, -0.05) is 29.3 Å². The Morgan fingerprint density at radius 2 is 1.95 bits per heavy atom. The molecule has 2 amide bonds. The summed E-state index contributed by atoms with van der Waals surface area (Å²) in [5.41, 5.74) is 6.12. The third kappa shape index (κ3) is 6.51. The molecule has 0 aliphatic rings. The lowest BCUT2D eigenvalue weighted by atomic mass is 10.1. The average molecular weight is 348 g/mol. The zero-order valence-corrected chi connectivity index (χ0v) is 13.5. The molecule has 8 heteroatoms. The molecule has 1 aromatic rings. The van der Waals surface area contributed by atoms with Crippen LogP contribution in [0.5, 0.6) is 0 Å². The van der Waals surface area contributed by atoms with Crippen LogP contribution in [0.15, 0.2) is 18.2 Å². The summed E-state index contributed by atoms with van der Waals surface area (Å²) in [7, 11) is 0. The zero-order chi connectivity index (χ0) is 16.5. The molecule has 0 aromatic heterocycles. The van der Waals surface area contributed by atoms with Crippen molar-refractivity contribution in [3.63, 3.8) is 0 Å². The van der Waals surface area contributed by atoms with Gasteiger partial charge in [-0.05, 0) is 43.5 Å². The number of carbonyl (C=O) groups excluding carboxylic acids is 1. The molecule has 0 saturated heterocycles. The summed E-state index contributed by atoms with van der Waals surface area (Å²) < 4.78 is 0. The zero-order valence-electron chi connectivity index (χ0n) is 11.9. The quantitative estimate of drug-likeness (QED) is 0.541. The van der Waals surface area contributed by atoms with Crippen molar-refractivity contribution in [1.82, 2.24) is 10.6 Å². The van der Waals surface area contributed by atoms with Gasteiger partial charge in [-0.15, -0.1) is 0 Å². The van der Waals surface area contributed by atoms with Gasteiger partial charge >= 0.3 is 12.0 Å². The van der Waals surface area contributed by atoms with E-state index in [-0.39, 0.29) is 6.54 Å². The van der Waals surface area contributed by atoms with Gasteiger partial charge < -0.3 is 21.5 Å². The fraction of sp³-hybridized carbons (Fsp3) is 0.429. The minimum absolute atomic E-state index is 0.220. The number of rotatable bonds is 8. The summed E-state index contributed by atoms with van der Waals surface area (Å²) in [6.45, 7) is 0.716. The van der Waals surface area contributed by atoms with Crippen LogP contribution in [0.1, 0.15) is 24.8 Å². The Labute approximate surface area is 139 Å². The molecule has 0 fully saturated rings. The summed E-state index contributed by atoms with van der Waals surface area (Å²) in [4.78, 5) is 22.8. The Morgan fingerprint density at radius 3 is 2.55 bits per heavy atom. The predicted molar refractivity (Wildman–Crippen MR) is 86.2 cm³/mol. The number of hydrogen-bond acceptors (Lipinski definition) is 3. The van der Waals surface area contributed by atoms with Gasteiger partial charge in [-0.3, -0.25) is 0 Å². The molecule has 1 unspecified atom stereocenters. The number of carbonyl (C=O) groups is 2. The number of benzene rings is 1. The van der Waals surface area contributed by atoms with Gasteiger partial charge in [0.15, 0.2) is 0 Å². The van der Waals surface area contributed by atoms with Crippen molar-refractivity contribution in [3.8, 4) is 0 Å². The lowest BCUT2D eigenvalue weighted by Crippen LogP contribution is -2.45. The van der Waals surface area contributed by atoms with E-state index in [1.165, 1.54) is 0 Å². The Morgan fingerprint density at radius 1 is 1.23 bits per heavy atom. The largest absolute Gasteiger partial charge is 0.480 e. The van der Waals surface area contributed by atoms with Crippen LogP contribution in [0.3, 0.4) is 0 Å². The third-order valence-corrected chi connectivity index (χ3v) is 3.73. The van der Waals surface area contributed by atoms with Gasteiger partial charge in [0.25, 0.3) is 0 Å². The molecular weight excluding hydrogens is 329 g/mol. The fourth-order valence-corrected chi connectivity index (χ4v) is 2.11. The lowest BCUT2D eigenvalue weighted by Gasteiger charge is -2.15. The van der Waals surface area contributed by atoms with Gasteiger partial charge in [-0.2, -0.15) is 0 Å². The normalized spacial score (nSPS) is 11.8. The van der Waals surface area contributed by atoms with Crippen LogP contribution in [0.25, 0.3) is 0 Å². The first-order chi connectivity index (χ1) is 10.4. The summed E-state index contributed by atoms with van der Waals surface area (Å²) in [6.07, 6.45) is 1.70. The standard InChI is InChI=1S/C14H19Cl2N3O3/c15-10-5-4-9(7-11(10)16)8-18-14(22)19-12(13(20)21)3-1-2-6-17/h4-5,7,12H,1-3,6,8,17H2,(H,20,21)(H2,18,19,22). The first kappa shape index (κ1) is 18.5. The second kappa shape index (κ2) is 9.50. The highest BCUT2D eigenvalue weighted by Crippen LogP contribution is 2.22. The summed E-state index contributed by atoms with van der Waals surface area (Å²) in [5.74, 6) is -1.07. The number of nitrogens with two attached hydrogens (primary N) is 1. The number of unbranched alkanes of at least 4 members (excludes halogenated alkanes) is 1. The van der Waals surface area contributed by atoms with Crippen molar-refractivity contribution in [1.29, 1.82) is 0 Å². The van der Waals surface area contributed by atoms with E-state index in [1.54, 1.807) is 18.2 Å². The lowest BCUT2D eigenvalue weighted by molar-refractivity contribution is -0.139. The first-order valence-corrected chi connectivity index (χ1v) is 7.60. The summed E-state index contributed by atoms with van der Waals surface area (Å²) in [5, 5.41) is 14.9. The number of urea groups is 1. The van der Waals surface area contributed by atoms with Crippen LogP contribution in [-0.2, 0) is 11.3 Å². The first-order valence-electron chi connectivity index (χ1n) is 6.85. The second-order valence-electron chi connectivity index (χ2n) is 4.75. The smallest absolute Gasteiger partial charge is 0.326 e. The number of carboxylic acid groups (broad SMARTS) is 1. The Kier molecular flexibility index (Phi) is 8.01. The minimum Gasteiger partial charge on any atom is -0.480 e. The van der Waals surface area contributed by atoms with Gasteiger partial charge in [0.2, 0.25) is 0 Å². The van der Waals surface area contributed by atoms with E-state index >= 15 is 0 Å². The molecule has 5 N–H and O–H groups in total. The van der Waals surface area contributed by atoms with Crippen LogP contribution < -0.4 is 16.4 Å². The molecule has 0 saturated carbocycles. The monoisotopic (exact) mass is 347 g/mol. The molecule has 22 heavy (non-hydrogen) atoms. The molecule has 0 aliphatic heterocycles. The Balaban J connectivity index is 2.45. The SMILES string of the molecule is NCCCCC(NC(=O)NCc1ccc(Cl)c(Cl)c1)C(=O)O. The molecule has 1 aromatic carbocycles. The van der Waals surface area contributed by atoms with E-state index in [0.29, 0.717) is 29.4 Å². The fourth-order valence-electron chi connectivity index (χ4n) is 1.79. The highest BCUT2D eigenvalue weighted by molar-refractivity contribution is 6.42. The van der Waals surface area contributed by atoms with Crippen LogP contribution in [0, 0.1) is 0 Å². The van der Waals surface area contributed by atoms with Crippen molar-refractivity contribution in [3.05, 3.63) is 33.8 Å². The van der Waals surface area contributed by atoms with Gasteiger partial charge in [0, 0.05) is 6.54 Å². The number of nitrogens with one attached hydrogen (secondary N) is 2. The minimum atomic E-state index is -1.07. The molecule has 0 bridgehead atoms. The third-order valence-electron chi connectivity index (χ3n) is 2.99. The predicted octanol–water partition coefficient (Wildman–Crippen LogP) is 2.37. The van der Waals surface area contributed by atoms with Crippen molar-refractivity contribution >= 4 is 35.2 Å². The van der Waals surface area contributed by atoms with Crippen molar-refractivity contribution < 1.29 is 14.7 Å². The van der Waals surface area contributed by atoms with Crippen LogP contribution in [0.4, 0.5) is 4.79 Å². The molecule has 0 heterocycles. The number of amides is 2. The van der Waals surface area contributed by atoms with E-state index < -0.39 is 18.0 Å². The van der Waals surface area contributed by atoms with Gasteiger partial charge in [0.1, 0.15) is 6.04 Å². The highest BCUT2D eigenvalue weighted by atomic mass is 35.5. The maximum Gasteiger partial charge on any atom is 0.326 e. The highest BCUT2D eigenvalue weighted by Gasteiger charge is 2.19. The molecule has 6 nitrogen and oxygen atoms in total. The van der Waals surface area contributed by atoms with E-state index in [9.17, 15) is 9.59 Å². The molecule has 0 spiro atoms. The van der Waals surface area contributed by atoms with Gasteiger partial charge in [0.05, 0.1) is 10.0 Å². The number of aliphatic carboxylic acids is 1. The number of hydrogen-bond donors (Lipinski definition) is 4. The molecule has 1 rings (SSSR count). The molecule has 1 atom stereocenters. The van der Waals surface area contributed by atoms with E-state index in [2.05, 4.69) is 10.6 Å². The van der Waals surface area contributed by atoms with Crippen molar-refractivity contribution in [2.75, 3.05) is 6.54 Å². The van der Waals surface area contributed by atoms with E-state index in [4.69, 9.17) is 34.0 Å². The topological polar surface area (TPSA) is 104 Å². The number of halogens is 2. The van der Waals surface area contributed by atoms with Crippen LogP contribution in [-0.4, -0.2) is 29.7 Å². The Bertz CT molecular complexity index is 526. The average Bonchev–Trinajstić information content (AvgIpc) is 2.47.